The van der Waals surface area contributed by atoms with Gasteiger partial charge in [-0.3, -0.25) is 0 Å². The van der Waals surface area contributed by atoms with Crippen molar-refractivity contribution in [1.29, 1.82) is 0 Å². The first-order valence-corrected chi connectivity index (χ1v) is 2.38. The van der Waals surface area contributed by atoms with Gasteiger partial charge in [-0.15, -0.1) is 0 Å². The molecule has 2 N–H and O–H groups in total. The van der Waals surface area contributed by atoms with Crippen LogP contribution >= 0.6 is 0 Å². The highest BCUT2D eigenvalue weighted by Gasteiger charge is 2.10. The van der Waals surface area contributed by atoms with E-state index in [9.17, 15) is 0 Å². The monoisotopic (exact) mass is 99.1 g/mol. The summed E-state index contributed by atoms with van der Waals surface area (Å²) in [6, 6.07) is 0. The summed E-state index contributed by atoms with van der Waals surface area (Å²) in [5.41, 5.74) is 6.28. The van der Waals surface area contributed by atoms with Crippen LogP contribution < -0.4 is 5.73 Å². The molecule has 0 radical (unpaired) electrons. The summed E-state index contributed by atoms with van der Waals surface area (Å²) in [5, 5.41) is 0. The predicted octanol–water partition coefficient (Wildman–Crippen LogP) is 0.453. The number of hydrogen-bond donors (Lipinski definition) is 1. The van der Waals surface area contributed by atoms with Gasteiger partial charge in [-0.25, -0.2) is 0 Å². The third-order valence-electron chi connectivity index (χ3n) is 1.13. The molecule has 1 heterocycles. The summed E-state index contributed by atoms with van der Waals surface area (Å²) in [6.07, 6.45) is 1.62. The molecular formula is C5H9NO. The van der Waals surface area contributed by atoms with Crippen LogP contribution in [-0.4, -0.2) is 6.61 Å². The Bertz CT molecular complexity index is 98.3. The Kier molecular flexibility index (Phi) is 0.929. The molecule has 0 fully saturated rings. The lowest BCUT2D eigenvalue weighted by molar-refractivity contribution is 0.255. The summed E-state index contributed by atoms with van der Waals surface area (Å²) >= 11 is 0. The zero-order chi connectivity index (χ0) is 5.28. The van der Waals surface area contributed by atoms with Gasteiger partial charge in [0.2, 0.25) is 0 Å². The zero-order valence-corrected chi connectivity index (χ0v) is 4.35. The fourth-order valence-corrected chi connectivity index (χ4v) is 0.501. The van der Waals surface area contributed by atoms with Crippen LogP contribution in [0.15, 0.2) is 12.0 Å². The first-order valence-electron chi connectivity index (χ1n) is 2.38. The topological polar surface area (TPSA) is 35.2 Å². The van der Waals surface area contributed by atoms with Gasteiger partial charge in [-0.2, -0.15) is 0 Å². The molecule has 0 unspecified atom stereocenters. The van der Waals surface area contributed by atoms with Gasteiger partial charge >= 0.3 is 0 Å². The van der Waals surface area contributed by atoms with Crippen LogP contribution in [0.4, 0.5) is 0 Å². The van der Waals surface area contributed by atoms with Crippen LogP contribution in [-0.2, 0) is 4.74 Å². The van der Waals surface area contributed by atoms with Gasteiger partial charge < -0.3 is 10.5 Å². The Balaban J connectivity index is 2.54. The van der Waals surface area contributed by atoms with Crippen molar-refractivity contribution < 1.29 is 4.74 Å². The van der Waals surface area contributed by atoms with E-state index in [1.54, 1.807) is 6.26 Å². The molecule has 0 aliphatic carbocycles. The van der Waals surface area contributed by atoms with E-state index >= 15 is 0 Å². The lowest BCUT2D eigenvalue weighted by atomic mass is 10.2. The molecule has 0 aromatic rings. The summed E-state index contributed by atoms with van der Waals surface area (Å²) in [7, 11) is 0. The minimum atomic E-state index is 0.431. The molecule has 0 saturated heterocycles. The fraction of sp³-hybridized carbons (Fsp3) is 0.600. The van der Waals surface area contributed by atoms with Crippen LogP contribution in [0.5, 0.6) is 0 Å². The van der Waals surface area contributed by atoms with E-state index in [0.29, 0.717) is 5.92 Å². The maximum Gasteiger partial charge on any atom is 0.102 e. The summed E-state index contributed by atoms with van der Waals surface area (Å²) in [5.74, 6) is 0.431. The lowest BCUT2D eigenvalue weighted by Gasteiger charge is -1.96. The number of ether oxygens (including phenoxy) is 1. The van der Waals surface area contributed by atoms with Crippen molar-refractivity contribution in [2.24, 2.45) is 11.7 Å². The van der Waals surface area contributed by atoms with Gasteiger partial charge in [-0.05, 0) is 0 Å². The van der Waals surface area contributed by atoms with E-state index in [0.717, 1.165) is 12.3 Å². The lowest BCUT2D eigenvalue weighted by Crippen LogP contribution is -2.05. The number of rotatable bonds is 0. The molecule has 1 rings (SSSR count). The first kappa shape index (κ1) is 4.50. The molecule has 2 heteroatoms. The first-order chi connectivity index (χ1) is 3.30. The van der Waals surface area contributed by atoms with Gasteiger partial charge in [0.15, 0.2) is 0 Å². The highest BCUT2D eigenvalue weighted by Crippen LogP contribution is 2.11. The molecule has 2 nitrogen and oxygen atoms in total. The quantitative estimate of drug-likeness (QED) is 0.478. The SMILES string of the molecule is C[C@H]1COC=C1N. The van der Waals surface area contributed by atoms with Gasteiger partial charge in [0.05, 0.1) is 6.61 Å². The molecule has 0 bridgehead atoms. The van der Waals surface area contributed by atoms with Crippen molar-refractivity contribution in [3.05, 3.63) is 12.0 Å². The Morgan fingerprint density at radius 2 is 2.71 bits per heavy atom. The summed E-state index contributed by atoms with van der Waals surface area (Å²) < 4.78 is 4.88. The number of nitrogens with two attached hydrogens (primary N) is 1. The molecule has 0 amide bonds. The second-order valence-electron chi connectivity index (χ2n) is 1.85. The molecule has 40 valence electrons. The van der Waals surface area contributed by atoms with E-state index in [1.165, 1.54) is 0 Å². The van der Waals surface area contributed by atoms with Gasteiger partial charge in [0.25, 0.3) is 0 Å². The van der Waals surface area contributed by atoms with Crippen LogP contribution in [0.25, 0.3) is 0 Å². The van der Waals surface area contributed by atoms with Crippen molar-refractivity contribution in [1.82, 2.24) is 0 Å². The maximum absolute atomic E-state index is 5.41. The zero-order valence-electron chi connectivity index (χ0n) is 4.35. The summed E-state index contributed by atoms with van der Waals surface area (Å²) in [4.78, 5) is 0. The third-order valence-corrected chi connectivity index (χ3v) is 1.13. The molecule has 1 aliphatic rings. The van der Waals surface area contributed by atoms with Gasteiger partial charge in [0.1, 0.15) is 6.26 Å². The van der Waals surface area contributed by atoms with Crippen LogP contribution in [0.3, 0.4) is 0 Å². The van der Waals surface area contributed by atoms with E-state index in [2.05, 4.69) is 0 Å². The second kappa shape index (κ2) is 1.45. The van der Waals surface area contributed by atoms with Crippen molar-refractivity contribution in [3.8, 4) is 0 Å². The molecule has 0 spiro atoms. The minimum Gasteiger partial charge on any atom is -0.499 e. The maximum atomic E-state index is 5.41. The summed E-state index contributed by atoms with van der Waals surface area (Å²) in [6.45, 7) is 2.80. The van der Waals surface area contributed by atoms with Crippen molar-refractivity contribution in [2.45, 2.75) is 6.92 Å². The normalized spacial score (nSPS) is 29.3. The minimum absolute atomic E-state index is 0.431. The number of hydrogen-bond acceptors (Lipinski definition) is 2. The largest absolute Gasteiger partial charge is 0.499 e. The molecule has 1 atom stereocenters. The third kappa shape index (κ3) is 0.683. The highest BCUT2D eigenvalue weighted by atomic mass is 16.5. The molecular weight excluding hydrogens is 90.1 g/mol. The Labute approximate surface area is 43.0 Å². The van der Waals surface area contributed by atoms with Crippen LogP contribution in [0, 0.1) is 5.92 Å². The smallest absolute Gasteiger partial charge is 0.102 e. The standard InChI is InChI=1S/C5H9NO/c1-4-2-7-3-5(4)6/h3-4H,2,6H2,1H3/t4-/m0/s1. The molecule has 7 heavy (non-hydrogen) atoms. The second-order valence-corrected chi connectivity index (χ2v) is 1.85. The van der Waals surface area contributed by atoms with Gasteiger partial charge in [0, 0.05) is 11.6 Å². The van der Waals surface area contributed by atoms with Crippen molar-refractivity contribution >= 4 is 0 Å². The average Bonchev–Trinajstić information content (AvgIpc) is 1.91. The van der Waals surface area contributed by atoms with E-state index < -0.39 is 0 Å². The average molecular weight is 99.1 g/mol. The van der Waals surface area contributed by atoms with E-state index in [4.69, 9.17) is 10.5 Å². The van der Waals surface area contributed by atoms with Gasteiger partial charge in [-0.1, -0.05) is 6.92 Å². The fourth-order valence-electron chi connectivity index (χ4n) is 0.501. The molecule has 0 aromatic heterocycles. The van der Waals surface area contributed by atoms with Crippen molar-refractivity contribution in [3.63, 3.8) is 0 Å². The molecule has 1 aliphatic heterocycles. The Morgan fingerprint density at radius 3 is 2.86 bits per heavy atom. The Hall–Kier alpha value is -0.660. The van der Waals surface area contributed by atoms with Crippen LogP contribution in [0.2, 0.25) is 0 Å². The highest BCUT2D eigenvalue weighted by molar-refractivity contribution is 5.00. The molecule has 0 saturated carbocycles. The van der Waals surface area contributed by atoms with Crippen LogP contribution in [0.1, 0.15) is 6.92 Å². The van der Waals surface area contributed by atoms with E-state index in [-0.39, 0.29) is 0 Å². The van der Waals surface area contributed by atoms with E-state index in [1.807, 2.05) is 6.92 Å². The van der Waals surface area contributed by atoms with Crippen molar-refractivity contribution in [2.75, 3.05) is 6.61 Å². The predicted molar refractivity (Wildman–Crippen MR) is 27.4 cm³/mol. The molecule has 0 aromatic carbocycles. The Morgan fingerprint density at radius 1 is 2.00 bits per heavy atom.